The van der Waals surface area contributed by atoms with Crippen LogP contribution in [0.25, 0.3) is 5.57 Å². The van der Waals surface area contributed by atoms with Crippen molar-refractivity contribution in [2.24, 2.45) is 0 Å². The second-order valence-electron chi connectivity index (χ2n) is 6.81. The van der Waals surface area contributed by atoms with Gasteiger partial charge in [-0.05, 0) is 56.5 Å². The Kier molecular flexibility index (Phi) is 6.08. The topological polar surface area (TPSA) is 76.7 Å². The van der Waals surface area contributed by atoms with E-state index in [0.717, 1.165) is 23.1 Å². The molecule has 26 heavy (non-hydrogen) atoms. The average Bonchev–Trinajstić information content (AvgIpc) is 2.62. The van der Waals surface area contributed by atoms with Crippen LogP contribution in [0.5, 0.6) is 5.75 Å². The van der Waals surface area contributed by atoms with Crippen molar-refractivity contribution in [3.05, 3.63) is 41.7 Å². The Morgan fingerprint density at radius 2 is 2.00 bits per heavy atom. The zero-order valence-electron chi connectivity index (χ0n) is 15.9. The van der Waals surface area contributed by atoms with E-state index in [9.17, 15) is 9.59 Å². The monoisotopic (exact) mass is 358 g/mol. The molecular formula is C20H26N2O4. The fourth-order valence-electron chi connectivity index (χ4n) is 2.48. The number of anilines is 1. The van der Waals surface area contributed by atoms with Crippen molar-refractivity contribution in [3.63, 3.8) is 0 Å². The number of methoxy groups -OCH3 is 1. The maximum Gasteiger partial charge on any atom is 0.313 e. The first-order valence-electron chi connectivity index (χ1n) is 8.58. The molecule has 0 saturated carbocycles. The van der Waals surface area contributed by atoms with Gasteiger partial charge < -0.3 is 20.1 Å². The smallest absolute Gasteiger partial charge is 0.313 e. The van der Waals surface area contributed by atoms with Crippen molar-refractivity contribution in [1.82, 2.24) is 5.32 Å². The van der Waals surface area contributed by atoms with Crippen molar-refractivity contribution in [1.29, 1.82) is 0 Å². The van der Waals surface area contributed by atoms with Crippen LogP contribution in [-0.4, -0.2) is 31.1 Å². The third-order valence-corrected chi connectivity index (χ3v) is 4.36. The van der Waals surface area contributed by atoms with Crippen molar-refractivity contribution < 1.29 is 19.1 Å². The summed E-state index contributed by atoms with van der Waals surface area (Å²) in [5, 5.41) is 5.33. The average molecular weight is 358 g/mol. The van der Waals surface area contributed by atoms with Crippen LogP contribution in [0.15, 0.2) is 36.1 Å². The lowest BCUT2D eigenvalue weighted by atomic mass is 9.97. The Morgan fingerprint density at radius 3 is 2.62 bits per heavy atom. The van der Waals surface area contributed by atoms with E-state index in [0.29, 0.717) is 18.0 Å². The van der Waals surface area contributed by atoms with Gasteiger partial charge in [-0.2, -0.15) is 0 Å². The molecule has 0 saturated heterocycles. The number of allylic oxidation sites excluding steroid dienone is 2. The number of amides is 2. The lowest BCUT2D eigenvalue weighted by Gasteiger charge is -2.24. The quantitative estimate of drug-likeness (QED) is 0.792. The molecule has 1 aromatic rings. The molecule has 0 aromatic heterocycles. The summed E-state index contributed by atoms with van der Waals surface area (Å²) < 4.78 is 10.7. The molecule has 0 fully saturated rings. The predicted octanol–water partition coefficient (Wildman–Crippen LogP) is 3.26. The van der Waals surface area contributed by atoms with E-state index in [4.69, 9.17) is 9.47 Å². The molecule has 2 rings (SSSR count). The van der Waals surface area contributed by atoms with E-state index in [1.54, 1.807) is 25.5 Å². The minimum Gasteiger partial charge on any atom is -0.497 e. The second kappa shape index (κ2) is 8.08. The molecular weight excluding hydrogens is 332 g/mol. The summed E-state index contributed by atoms with van der Waals surface area (Å²) in [6.07, 6.45) is 4.41. The predicted molar refractivity (Wildman–Crippen MR) is 102 cm³/mol. The summed E-state index contributed by atoms with van der Waals surface area (Å²) >= 11 is 0. The Balaban J connectivity index is 2.17. The molecule has 140 valence electrons. The fraction of sp³-hybridized carbons (Fsp3) is 0.400. The summed E-state index contributed by atoms with van der Waals surface area (Å²) in [5.41, 5.74) is 2.98. The number of nitrogens with one attached hydrogen (secondary N) is 2. The first kappa shape index (κ1) is 19.6. The number of hydrogen-bond acceptors (Lipinski definition) is 4. The Labute approximate surface area is 154 Å². The van der Waals surface area contributed by atoms with Crippen LogP contribution in [0.2, 0.25) is 0 Å². The van der Waals surface area contributed by atoms with Gasteiger partial charge in [-0.25, -0.2) is 0 Å². The minimum atomic E-state index is -0.706. The highest BCUT2D eigenvalue weighted by atomic mass is 16.5. The van der Waals surface area contributed by atoms with Gasteiger partial charge in [-0.1, -0.05) is 6.92 Å². The van der Waals surface area contributed by atoms with Gasteiger partial charge in [0.05, 0.1) is 13.4 Å². The van der Waals surface area contributed by atoms with Gasteiger partial charge in [-0.15, -0.1) is 0 Å². The van der Waals surface area contributed by atoms with Crippen LogP contribution in [0.3, 0.4) is 0 Å². The van der Waals surface area contributed by atoms with E-state index < -0.39 is 17.4 Å². The van der Waals surface area contributed by atoms with E-state index in [-0.39, 0.29) is 0 Å². The van der Waals surface area contributed by atoms with Gasteiger partial charge in [0.25, 0.3) is 0 Å². The van der Waals surface area contributed by atoms with E-state index >= 15 is 0 Å². The number of carbonyl (C=O) groups excluding carboxylic acids is 2. The lowest BCUT2D eigenvalue weighted by Crippen LogP contribution is -2.47. The highest BCUT2D eigenvalue weighted by molar-refractivity contribution is 6.39. The second-order valence-corrected chi connectivity index (χ2v) is 6.81. The number of carbonyl (C=O) groups is 2. The van der Waals surface area contributed by atoms with Gasteiger partial charge in [0.15, 0.2) is 0 Å². The van der Waals surface area contributed by atoms with Crippen LogP contribution in [0, 0.1) is 0 Å². The fourth-order valence-corrected chi connectivity index (χ4v) is 2.48. The summed E-state index contributed by atoms with van der Waals surface area (Å²) in [7, 11) is 1.57. The molecule has 0 radical (unpaired) electrons. The summed E-state index contributed by atoms with van der Waals surface area (Å²) in [6, 6.07) is 5.31. The van der Waals surface area contributed by atoms with Crippen molar-refractivity contribution in [2.75, 3.05) is 19.0 Å². The van der Waals surface area contributed by atoms with Crippen LogP contribution in [-0.2, 0) is 14.3 Å². The number of benzene rings is 1. The zero-order chi connectivity index (χ0) is 19.3. The largest absolute Gasteiger partial charge is 0.497 e. The van der Waals surface area contributed by atoms with Crippen molar-refractivity contribution in [2.45, 2.75) is 39.7 Å². The van der Waals surface area contributed by atoms with Crippen LogP contribution < -0.4 is 15.4 Å². The van der Waals surface area contributed by atoms with E-state index in [2.05, 4.69) is 10.6 Å². The maximum absolute atomic E-state index is 12.1. The first-order valence-corrected chi connectivity index (χ1v) is 8.58. The zero-order valence-corrected chi connectivity index (χ0v) is 15.9. The Morgan fingerprint density at radius 1 is 1.27 bits per heavy atom. The first-order chi connectivity index (χ1) is 12.3. The summed E-state index contributed by atoms with van der Waals surface area (Å²) in [6.45, 7) is 8.14. The van der Waals surface area contributed by atoms with Crippen LogP contribution in [0.4, 0.5) is 5.69 Å². The SMILES string of the molecule is CCC(C)(C)NC(=O)C(=O)Nc1ccc(C2=CCOC=C2C)c(OC)c1. The molecule has 1 aromatic carbocycles. The molecule has 0 aliphatic carbocycles. The van der Waals surface area contributed by atoms with Crippen LogP contribution >= 0.6 is 0 Å². The molecule has 1 heterocycles. The molecule has 0 atom stereocenters. The number of ether oxygens (including phenoxy) is 2. The molecule has 6 heteroatoms. The van der Waals surface area contributed by atoms with Crippen molar-refractivity contribution in [3.8, 4) is 5.75 Å². The Hall–Kier alpha value is -2.76. The van der Waals surface area contributed by atoms with E-state index in [1.165, 1.54) is 0 Å². The third-order valence-electron chi connectivity index (χ3n) is 4.36. The van der Waals surface area contributed by atoms with Gasteiger partial charge >= 0.3 is 11.8 Å². The standard InChI is InChI=1S/C20H26N2O4/c1-6-20(3,4)22-19(24)18(23)21-14-7-8-16(17(11-14)25-5)15-9-10-26-12-13(15)2/h7-9,11-12H,6,10H2,1-5H3,(H,21,23)(H,22,24). The molecule has 6 nitrogen and oxygen atoms in total. The Bertz CT molecular complexity index is 763. The molecule has 1 aliphatic heterocycles. The summed E-state index contributed by atoms with van der Waals surface area (Å²) in [4.78, 5) is 24.2. The summed E-state index contributed by atoms with van der Waals surface area (Å²) in [5.74, 6) is -0.758. The maximum atomic E-state index is 12.1. The normalized spacial score (nSPS) is 13.9. The lowest BCUT2D eigenvalue weighted by molar-refractivity contribution is -0.137. The van der Waals surface area contributed by atoms with Gasteiger partial charge in [0, 0.05) is 22.9 Å². The van der Waals surface area contributed by atoms with Gasteiger partial charge in [0.1, 0.15) is 12.4 Å². The molecule has 0 unspecified atom stereocenters. The third kappa shape index (κ3) is 4.65. The highest BCUT2D eigenvalue weighted by Crippen LogP contribution is 2.34. The van der Waals surface area contributed by atoms with Crippen molar-refractivity contribution >= 4 is 23.1 Å². The van der Waals surface area contributed by atoms with E-state index in [1.807, 2.05) is 39.8 Å². The van der Waals surface area contributed by atoms with Gasteiger partial charge in [-0.3, -0.25) is 9.59 Å². The molecule has 0 spiro atoms. The number of hydrogen-bond donors (Lipinski definition) is 2. The van der Waals surface area contributed by atoms with Crippen LogP contribution in [0.1, 0.15) is 39.7 Å². The van der Waals surface area contributed by atoms with Gasteiger partial charge in [0.2, 0.25) is 0 Å². The number of rotatable bonds is 5. The highest BCUT2D eigenvalue weighted by Gasteiger charge is 2.23. The molecule has 0 bridgehead atoms. The molecule has 2 amide bonds. The molecule has 1 aliphatic rings. The minimum absolute atomic E-state index is 0.435. The molecule has 2 N–H and O–H groups in total.